The molecule has 0 saturated heterocycles. The van der Waals surface area contributed by atoms with Crippen LogP contribution >= 0.6 is 0 Å². The van der Waals surface area contributed by atoms with Gasteiger partial charge in [0.25, 0.3) is 0 Å². The molecule has 26 heavy (non-hydrogen) atoms. The fraction of sp³-hybridized carbons (Fsp3) is 0.316. The molecule has 7 heteroatoms. The maximum atomic E-state index is 11.7. The summed E-state index contributed by atoms with van der Waals surface area (Å²) in [5.41, 5.74) is 2.07. The van der Waals surface area contributed by atoms with Crippen molar-refractivity contribution in [3.8, 4) is 17.1 Å². The first-order chi connectivity index (χ1) is 12.3. The standard InChI is InChI=1S/C19H22N4O3/c1-19(2,3)26-18(24)20-12-13-5-7-14(8-6-13)17-21-16-11-15(25-4)9-10-23(16)22-17/h5-11H,12H2,1-4H3,(H,20,24). The van der Waals surface area contributed by atoms with E-state index in [1.54, 1.807) is 11.6 Å². The number of nitrogens with zero attached hydrogens (tertiary/aromatic N) is 3. The van der Waals surface area contributed by atoms with Gasteiger partial charge in [-0.05, 0) is 32.4 Å². The highest BCUT2D eigenvalue weighted by molar-refractivity contribution is 5.67. The van der Waals surface area contributed by atoms with E-state index >= 15 is 0 Å². The summed E-state index contributed by atoms with van der Waals surface area (Å²) in [6.45, 7) is 5.89. The molecule has 7 nitrogen and oxygen atoms in total. The monoisotopic (exact) mass is 354 g/mol. The molecule has 136 valence electrons. The van der Waals surface area contributed by atoms with Crippen molar-refractivity contribution in [1.82, 2.24) is 19.9 Å². The van der Waals surface area contributed by atoms with E-state index in [9.17, 15) is 4.79 Å². The average Bonchev–Trinajstić information content (AvgIpc) is 3.02. The first-order valence-corrected chi connectivity index (χ1v) is 8.31. The van der Waals surface area contributed by atoms with Gasteiger partial charge in [-0.1, -0.05) is 24.3 Å². The number of hydrogen-bond donors (Lipinski definition) is 1. The van der Waals surface area contributed by atoms with Crippen molar-refractivity contribution >= 4 is 11.7 Å². The minimum absolute atomic E-state index is 0.394. The van der Waals surface area contributed by atoms with Crippen molar-refractivity contribution in [2.24, 2.45) is 0 Å². The molecule has 0 saturated carbocycles. The number of fused-ring (bicyclic) bond motifs is 1. The van der Waals surface area contributed by atoms with Gasteiger partial charge in [0.2, 0.25) is 0 Å². The van der Waals surface area contributed by atoms with Crippen molar-refractivity contribution in [2.45, 2.75) is 32.9 Å². The van der Waals surface area contributed by atoms with Gasteiger partial charge in [0.1, 0.15) is 11.4 Å². The summed E-state index contributed by atoms with van der Waals surface area (Å²) in [4.78, 5) is 16.2. The third-order valence-electron chi connectivity index (χ3n) is 3.59. The highest BCUT2D eigenvalue weighted by atomic mass is 16.6. The number of amides is 1. The molecule has 0 atom stereocenters. The SMILES string of the molecule is COc1ccn2nc(-c3ccc(CNC(=O)OC(C)(C)C)cc3)nc2c1. The third-order valence-corrected chi connectivity index (χ3v) is 3.59. The summed E-state index contributed by atoms with van der Waals surface area (Å²) < 4.78 is 12.1. The number of carbonyl (C=O) groups is 1. The Balaban J connectivity index is 1.68. The van der Waals surface area contributed by atoms with Gasteiger partial charge < -0.3 is 14.8 Å². The van der Waals surface area contributed by atoms with Gasteiger partial charge in [0, 0.05) is 24.4 Å². The molecule has 0 aliphatic heterocycles. The Morgan fingerprint density at radius 1 is 1.19 bits per heavy atom. The Morgan fingerprint density at radius 3 is 2.58 bits per heavy atom. The van der Waals surface area contributed by atoms with E-state index in [0.717, 1.165) is 22.5 Å². The van der Waals surface area contributed by atoms with Crippen molar-refractivity contribution < 1.29 is 14.3 Å². The molecule has 0 spiro atoms. The van der Waals surface area contributed by atoms with E-state index in [1.807, 2.05) is 63.4 Å². The van der Waals surface area contributed by atoms with Gasteiger partial charge in [-0.2, -0.15) is 0 Å². The predicted octanol–water partition coefficient (Wildman–Crippen LogP) is 3.43. The topological polar surface area (TPSA) is 77.8 Å². The third kappa shape index (κ3) is 4.30. The number of alkyl carbamates (subject to hydrolysis) is 1. The number of pyridine rings is 1. The highest BCUT2D eigenvalue weighted by Crippen LogP contribution is 2.19. The number of nitrogens with one attached hydrogen (secondary N) is 1. The molecule has 0 aliphatic rings. The zero-order valence-corrected chi connectivity index (χ0v) is 15.3. The van der Waals surface area contributed by atoms with E-state index in [-0.39, 0.29) is 0 Å². The van der Waals surface area contributed by atoms with Crippen molar-refractivity contribution in [3.63, 3.8) is 0 Å². The molecule has 0 radical (unpaired) electrons. The van der Waals surface area contributed by atoms with Crippen LogP contribution in [0.5, 0.6) is 5.75 Å². The minimum Gasteiger partial charge on any atom is -0.497 e. The number of benzene rings is 1. The Morgan fingerprint density at radius 2 is 1.92 bits per heavy atom. The number of methoxy groups -OCH3 is 1. The van der Waals surface area contributed by atoms with Gasteiger partial charge in [0.15, 0.2) is 11.5 Å². The minimum atomic E-state index is -0.509. The van der Waals surface area contributed by atoms with Gasteiger partial charge >= 0.3 is 6.09 Å². The smallest absolute Gasteiger partial charge is 0.407 e. The summed E-state index contributed by atoms with van der Waals surface area (Å²) in [6.07, 6.45) is 1.38. The van der Waals surface area contributed by atoms with Crippen LogP contribution in [0.2, 0.25) is 0 Å². The molecule has 1 amide bonds. The van der Waals surface area contributed by atoms with Crippen molar-refractivity contribution in [2.75, 3.05) is 7.11 Å². The Labute approximate surface area is 152 Å². The van der Waals surface area contributed by atoms with E-state index < -0.39 is 11.7 Å². The van der Waals surface area contributed by atoms with Crippen LogP contribution in [-0.2, 0) is 11.3 Å². The van der Waals surface area contributed by atoms with Gasteiger partial charge in [-0.15, -0.1) is 5.10 Å². The molecule has 0 aliphatic carbocycles. The summed E-state index contributed by atoms with van der Waals surface area (Å²) in [5.74, 6) is 1.37. The molecule has 2 heterocycles. The number of hydrogen-bond acceptors (Lipinski definition) is 5. The maximum Gasteiger partial charge on any atom is 0.407 e. The second-order valence-electron chi connectivity index (χ2n) is 6.86. The van der Waals surface area contributed by atoms with E-state index in [1.165, 1.54) is 0 Å². The van der Waals surface area contributed by atoms with Gasteiger partial charge in [-0.3, -0.25) is 0 Å². The Hall–Kier alpha value is -3.09. The van der Waals surface area contributed by atoms with E-state index in [0.29, 0.717) is 12.4 Å². The van der Waals surface area contributed by atoms with E-state index in [4.69, 9.17) is 9.47 Å². The Bertz CT molecular complexity index is 911. The molecular weight excluding hydrogens is 332 g/mol. The molecule has 1 N–H and O–H groups in total. The normalized spacial score (nSPS) is 11.4. The largest absolute Gasteiger partial charge is 0.497 e. The number of ether oxygens (including phenoxy) is 2. The molecule has 0 fully saturated rings. The van der Waals surface area contributed by atoms with Gasteiger partial charge in [-0.25, -0.2) is 14.3 Å². The predicted molar refractivity (Wildman–Crippen MR) is 98.0 cm³/mol. The summed E-state index contributed by atoms with van der Waals surface area (Å²) in [6, 6.07) is 11.4. The molecule has 0 bridgehead atoms. The Kier molecular flexibility index (Phi) is 4.79. The summed E-state index contributed by atoms with van der Waals surface area (Å²) >= 11 is 0. The number of carbonyl (C=O) groups excluding carboxylic acids is 1. The fourth-order valence-corrected chi connectivity index (χ4v) is 2.37. The van der Waals surface area contributed by atoms with Gasteiger partial charge in [0.05, 0.1) is 7.11 Å². The van der Waals surface area contributed by atoms with Crippen LogP contribution in [0.4, 0.5) is 4.79 Å². The lowest BCUT2D eigenvalue weighted by Gasteiger charge is -2.19. The zero-order valence-electron chi connectivity index (χ0n) is 15.3. The first kappa shape index (κ1) is 17.7. The summed E-state index contributed by atoms with van der Waals surface area (Å²) in [5, 5.41) is 7.20. The molecule has 1 aromatic carbocycles. The number of rotatable bonds is 4. The van der Waals surface area contributed by atoms with Crippen LogP contribution in [-0.4, -0.2) is 33.4 Å². The lowest BCUT2D eigenvalue weighted by Crippen LogP contribution is -2.32. The zero-order chi connectivity index (χ0) is 18.7. The van der Waals surface area contributed by atoms with Crippen molar-refractivity contribution in [3.05, 3.63) is 48.2 Å². The average molecular weight is 354 g/mol. The van der Waals surface area contributed by atoms with Crippen LogP contribution in [0, 0.1) is 0 Å². The van der Waals surface area contributed by atoms with Crippen LogP contribution in [0.25, 0.3) is 17.0 Å². The van der Waals surface area contributed by atoms with Crippen LogP contribution in [0.1, 0.15) is 26.3 Å². The second-order valence-corrected chi connectivity index (χ2v) is 6.86. The second kappa shape index (κ2) is 7.03. The number of aromatic nitrogens is 3. The molecule has 0 unspecified atom stereocenters. The van der Waals surface area contributed by atoms with E-state index in [2.05, 4.69) is 15.4 Å². The molecular formula is C19H22N4O3. The lowest BCUT2D eigenvalue weighted by molar-refractivity contribution is 0.0523. The fourth-order valence-electron chi connectivity index (χ4n) is 2.37. The quantitative estimate of drug-likeness (QED) is 0.777. The van der Waals surface area contributed by atoms with Crippen LogP contribution < -0.4 is 10.1 Å². The lowest BCUT2D eigenvalue weighted by atomic mass is 10.1. The van der Waals surface area contributed by atoms with Crippen LogP contribution in [0.3, 0.4) is 0 Å². The van der Waals surface area contributed by atoms with Crippen LogP contribution in [0.15, 0.2) is 42.6 Å². The maximum absolute atomic E-state index is 11.7. The summed E-state index contributed by atoms with van der Waals surface area (Å²) in [7, 11) is 1.62. The highest BCUT2D eigenvalue weighted by Gasteiger charge is 2.15. The molecule has 3 aromatic rings. The molecule has 3 rings (SSSR count). The molecule has 2 aromatic heterocycles. The van der Waals surface area contributed by atoms with Crippen molar-refractivity contribution in [1.29, 1.82) is 0 Å². The first-order valence-electron chi connectivity index (χ1n) is 8.31.